The van der Waals surface area contributed by atoms with Crippen molar-refractivity contribution in [2.45, 2.75) is 82.4 Å². The minimum absolute atomic E-state index is 0.0802. The highest BCUT2D eigenvalue weighted by Crippen LogP contribution is 2.50. The van der Waals surface area contributed by atoms with Gasteiger partial charge < -0.3 is 25.0 Å². The first-order chi connectivity index (χ1) is 23.3. The topological polar surface area (TPSA) is 145 Å². The summed E-state index contributed by atoms with van der Waals surface area (Å²) >= 11 is 0. The van der Waals surface area contributed by atoms with Crippen molar-refractivity contribution in [2.24, 2.45) is 5.41 Å². The number of aliphatic hydroxyl groups excluding tert-OH is 1. The molecule has 0 fully saturated rings. The molecule has 266 valence electrons. The van der Waals surface area contributed by atoms with Gasteiger partial charge in [0, 0.05) is 37.7 Å². The predicted octanol–water partition coefficient (Wildman–Crippen LogP) is 5.95. The molecule has 0 aromatic heterocycles. The number of aliphatic carboxylic acids is 2. The van der Waals surface area contributed by atoms with E-state index >= 15 is 0 Å². The van der Waals surface area contributed by atoms with E-state index < -0.39 is 39.2 Å². The lowest BCUT2D eigenvalue weighted by Crippen LogP contribution is -2.43. The summed E-state index contributed by atoms with van der Waals surface area (Å²) in [6.45, 7) is 3.89. The Labute approximate surface area is 290 Å². The van der Waals surface area contributed by atoms with Crippen LogP contribution >= 0.6 is 0 Å². The van der Waals surface area contributed by atoms with E-state index in [0.29, 0.717) is 24.2 Å². The molecule has 0 amide bonds. The van der Waals surface area contributed by atoms with E-state index in [4.69, 9.17) is 14.9 Å². The van der Waals surface area contributed by atoms with Gasteiger partial charge in [0.1, 0.15) is 12.4 Å². The first kappa shape index (κ1) is 37.9. The van der Waals surface area contributed by atoms with E-state index in [2.05, 4.69) is 13.8 Å². The number of benzene rings is 3. The first-order valence-electron chi connectivity index (χ1n) is 17.0. The molecule has 0 saturated carbocycles. The molecule has 4 rings (SSSR count). The Kier molecular flexibility index (Phi) is 12.9. The Morgan fingerprint density at radius 1 is 0.857 bits per heavy atom. The van der Waals surface area contributed by atoms with Gasteiger partial charge in [0.2, 0.25) is 0 Å². The molecule has 0 radical (unpaired) electrons. The molecule has 0 aliphatic carbocycles. The molecule has 3 N–H and O–H groups in total. The second kappa shape index (κ2) is 16.7. The van der Waals surface area contributed by atoms with Gasteiger partial charge in [-0.1, -0.05) is 75.9 Å². The summed E-state index contributed by atoms with van der Waals surface area (Å²) in [5.41, 5.74) is 3.18. The number of carboxylic acids is 2. The van der Waals surface area contributed by atoms with Gasteiger partial charge in [-0.25, -0.2) is 8.42 Å². The van der Waals surface area contributed by atoms with Gasteiger partial charge in [-0.2, -0.15) is 0 Å². The predicted molar refractivity (Wildman–Crippen MR) is 190 cm³/mol. The van der Waals surface area contributed by atoms with E-state index in [1.54, 1.807) is 6.07 Å². The van der Waals surface area contributed by atoms with Gasteiger partial charge >= 0.3 is 11.9 Å². The third-order valence-electron chi connectivity index (χ3n) is 9.45. The smallest absolute Gasteiger partial charge is 0.317 e. The van der Waals surface area contributed by atoms with Gasteiger partial charge in [0.15, 0.2) is 9.84 Å². The Morgan fingerprint density at radius 2 is 1.43 bits per heavy atom. The normalized spacial score (nSPS) is 18.0. The van der Waals surface area contributed by atoms with Crippen LogP contribution in [0.5, 0.6) is 5.75 Å². The fraction of sp³-hybridized carbons (Fsp3) is 0.474. The summed E-state index contributed by atoms with van der Waals surface area (Å²) < 4.78 is 34.2. The molecule has 49 heavy (non-hydrogen) atoms. The minimum Gasteiger partial charge on any atom is -0.489 e. The Hall–Kier alpha value is -3.93. The van der Waals surface area contributed by atoms with E-state index in [1.165, 1.54) is 4.90 Å². The molecule has 3 aromatic rings. The van der Waals surface area contributed by atoms with Crippen LogP contribution in [0, 0.1) is 5.41 Å². The first-order valence-corrected chi connectivity index (χ1v) is 18.6. The van der Waals surface area contributed by atoms with E-state index in [1.807, 2.05) is 79.7 Å². The number of anilines is 1. The monoisotopic (exact) mass is 694 g/mol. The van der Waals surface area contributed by atoms with Gasteiger partial charge in [0.25, 0.3) is 0 Å². The molecule has 0 bridgehead atoms. The van der Waals surface area contributed by atoms with Crippen molar-refractivity contribution in [3.8, 4) is 5.75 Å². The molecule has 1 heterocycles. The van der Waals surface area contributed by atoms with Crippen LogP contribution in [0.4, 0.5) is 5.69 Å². The molecule has 11 heteroatoms. The average molecular weight is 695 g/mol. The lowest BCUT2D eigenvalue weighted by Gasteiger charge is -2.40. The van der Waals surface area contributed by atoms with Crippen molar-refractivity contribution in [1.29, 1.82) is 0 Å². The zero-order chi connectivity index (χ0) is 35.8. The molecule has 0 spiro atoms. The standard InChI is InChI=1S/C38H50N2O8S/c1-5-7-19-38(20-8-6-2)26-49(46,47)33-18-15-30(39(3)4)21-32(33)36(37(38)45)29-13-16-31(17-14-29)48-25-28-11-9-27(10-12-28)22-40(23-34(41)42)24-35(43)44/h9-18,21,36-37,45H,5-8,19-20,22-26H2,1-4H3,(H,41,42)(H,43,44)/t36-,37?/m1/s1. The zero-order valence-electron chi connectivity index (χ0n) is 29.0. The summed E-state index contributed by atoms with van der Waals surface area (Å²) in [4.78, 5) is 25.8. The number of hydrogen-bond donors (Lipinski definition) is 3. The number of unbranched alkanes of at least 4 members (excludes halogenated alkanes) is 2. The molecule has 10 nitrogen and oxygen atoms in total. The summed E-state index contributed by atoms with van der Waals surface area (Å²) in [7, 11) is 0.141. The second-order valence-electron chi connectivity index (χ2n) is 13.5. The number of fused-ring (bicyclic) bond motifs is 1. The van der Waals surface area contributed by atoms with Crippen LogP contribution in [0.25, 0.3) is 0 Å². The van der Waals surface area contributed by atoms with Crippen molar-refractivity contribution < 1.29 is 38.1 Å². The summed E-state index contributed by atoms with van der Waals surface area (Å²) in [6, 6.07) is 20.3. The fourth-order valence-electron chi connectivity index (χ4n) is 6.88. The van der Waals surface area contributed by atoms with E-state index in [0.717, 1.165) is 48.1 Å². The van der Waals surface area contributed by atoms with Crippen molar-refractivity contribution in [3.05, 3.63) is 89.0 Å². The quantitative estimate of drug-likeness (QED) is 0.155. The number of rotatable bonds is 17. The third-order valence-corrected chi connectivity index (χ3v) is 11.4. The molecule has 1 aliphatic rings. The van der Waals surface area contributed by atoms with Crippen LogP contribution in [0.1, 0.15) is 80.5 Å². The summed E-state index contributed by atoms with van der Waals surface area (Å²) in [6.07, 6.45) is 3.83. The van der Waals surface area contributed by atoms with E-state index in [-0.39, 0.29) is 36.9 Å². The van der Waals surface area contributed by atoms with Gasteiger partial charge in [0.05, 0.1) is 29.8 Å². The van der Waals surface area contributed by atoms with Gasteiger partial charge in [-0.05, 0) is 65.4 Å². The van der Waals surface area contributed by atoms with Crippen molar-refractivity contribution in [3.63, 3.8) is 0 Å². The molecule has 0 saturated heterocycles. The average Bonchev–Trinajstić information content (AvgIpc) is 3.12. The van der Waals surface area contributed by atoms with Crippen LogP contribution in [-0.2, 0) is 32.6 Å². The maximum Gasteiger partial charge on any atom is 0.317 e. The Balaban J connectivity index is 1.60. The molecule has 1 unspecified atom stereocenters. The number of sulfone groups is 1. The zero-order valence-corrected chi connectivity index (χ0v) is 29.8. The lowest BCUT2D eigenvalue weighted by atomic mass is 9.68. The molecule has 1 aliphatic heterocycles. The van der Waals surface area contributed by atoms with Gasteiger partial charge in [-0.15, -0.1) is 0 Å². The number of carboxylic acid groups (broad SMARTS) is 2. The SMILES string of the molecule is CCCCC1(CCCC)CS(=O)(=O)c2ccc(N(C)C)cc2[C@@H](c2ccc(OCc3ccc(CN(CC(=O)O)CC(=O)O)cc3)cc2)C1O. The highest BCUT2D eigenvalue weighted by Gasteiger charge is 2.49. The van der Waals surface area contributed by atoms with Crippen molar-refractivity contribution in [1.82, 2.24) is 4.90 Å². The molecular formula is C38H50N2O8S. The number of hydrogen-bond acceptors (Lipinski definition) is 8. The van der Waals surface area contributed by atoms with E-state index in [9.17, 15) is 23.1 Å². The van der Waals surface area contributed by atoms with Crippen LogP contribution in [-0.4, -0.2) is 79.6 Å². The number of ether oxygens (including phenoxy) is 1. The number of aliphatic hydroxyl groups is 1. The van der Waals surface area contributed by atoms with Crippen LogP contribution in [0.3, 0.4) is 0 Å². The maximum absolute atomic E-state index is 14.1. The summed E-state index contributed by atoms with van der Waals surface area (Å²) in [5, 5.41) is 30.6. The summed E-state index contributed by atoms with van der Waals surface area (Å²) in [5.74, 6) is -2.20. The Bertz CT molecular complexity index is 1650. The van der Waals surface area contributed by atoms with Crippen LogP contribution in [0.15, 0.2) is 71.6 Å². The Morgan fingerprint density at radius 3 is 1.96 bits per heavy atom. The van der Waals surface area contributed by atoms with Gasteiger partial charge in [-0.3, -0.25) is 14.5 Å². The number of carbonyl (C=O) groups is 2. The third kappa shape index (κ3) is 9.61. The highest BCUT2D eigenvalue weighted by atomic mass is 32.2. The molecule has 2 atom stereocenters. The fourth-order valence-corrected chi connectivity index (χ4v) is 9.07. The largest absolute Gasteiger partial charge is 0.489 e. The van der Waals surface area contributed by atoms with Crippen LogP contribution in [0.2, 0.25) is 0 Å². The molecule has 3 aromatic carbocycles. The number of nitrogens with zero attached hydrogens (tertiary/aromatic N) is 2. The lowest BCUT2D eigenvalue weighted by molar-refractivity contribution is -0.142. The highest BCUT2D eigenvalue weighted by molar-refractivity contribution is 7.91. The minimum atomic E-state index is -3.69. The maximum atomic E-state index is 14.1. The van der Waals surface area contributed by atoms with Crippen molar-refractivity contribution in [2.75, 3.05) is 37.8 Å². The second-order valence-corrected chi connectivity index (χ2v) is 15.4. The van der Waals surface area contributed by atoms with Crippen LogP contribution < -0.4 is 9.64 Å². The van der Waals surface area contributed by atoms with Crippen molar-refractivity contribution >= 4 is 27.5 Å². The molecular weight excluding hydrogens is 644 g/mol.